The first-order valence-corrected chi connectivity index (χ1v) is 10.5. The Hall–Kier alpha value is -2.72. The number of hydrogen-bond acceptors (Lipinski definition) is 7. The van der Waals surface area contributed by atoms with Gasteiger partial charge in [-0.25, -0.2) is 13.4 Å². The van der Waals surface area contributed by atoms with Gasteiger partial charge in [-0.3, -0.25) is 4.72 Å². The second-order valence-corrected chi connectivity index (χ2v) is 8.66. The van der Waals surface area contributed by atoms with Crippen LogP contribution in [0.1, 0.15) is 11.7 Å². The first kappa shape index (κ1) is 19.6. The minimum absolute atomic E-state index is 0.0838. The van der Waals surface area contributed by atoms with Crippen LogP contribution in [0.5, 0.6) is 5.75 Å². The number of hydrogen-bond donors (Lipinski definition) is 3. The average molecular weight is 453 g/mol. The van der Waals surface area contributed by atoms with Crippen molar-refractivity contribution in [3.63, 3.8) is 0 Å². The summed E-state index contributed by atoms with van der Waals surface area (Å²) in [7, 11) is -4.12. The van der Waals surface area contributed by atoms with E-state index in [2.05, 4.69) is 9.71 Å². The molecule has 0 amide bonds. The lowest BCUT2D eigenvalue weighted by Gasteiger charge is -2.29. The molecule has 0 saturated carbocycles. The molecule has 0 spiro atoms. The van der Waals surface area contributed by atoms with Crippen molar-refractivity contribution in [2.75, 3.05) is 9.62 Å². The summed E-state index contributed by atoms with van der Waals surface area (Å²) in [5.41, 5.74) is 7.95. The van der Waals surface area contributed by atoms with Gasteiger partial charge in [0.1, 0.15) is 17.4 Å². The number of furan rings is 1. The summed E-state index contributed by atoms with van der Waals surface area (Å²) in [6, 6.07) is 10.6. The zero-order valence-electron chi connectivity index (χ0n) is 14.6. The first-order valence-electron chi connectivity index (χ1n) is 8.22. The fourth-order valence-corrected chi connectivity index (χ4v) is 4.68. The first-order chi connectivity index (χ1) is 13.8. The van der Waals surface area contributed by atoms with E-state index in [1.54, 1.807) is 41.6 Å². The molecule has 2 aromatic carbocycles. The summed E-state index contributed by atoms with van der Waals surface area (Å²) in [5.74, 6) is -0.121. The maximum atomic E-state index is 12.6. The molecule has 0 bridgehead atoms. The molecular weight excluding hydrogens is 439 g/mol. The van der Waals surface area contributed by atoms with Crippen LogP contribution in [-0.2, 0) is 10.0 Å². The van der Waals surface area contributed by atoms with Gasteiger partial charge < -0.3 is 20.2 Å². The van der Waals surface area contributed by atoms with Crippen molar-refractivity contribution in [2.45, 2.75) is 11.1 Å². The predicted octanol–water partition coefficient (Wildman–Crippen LogP) is 4.23. The Kier molecular flexibility index (Phi) is 4.91. The normalized spacial score (nSPS) is 16.0. The van der Waals surface area contributed by atoms with Gasteiger partial charge in [-0.2, -0.15) is 0 Å². The van der Waals surface area contributed by atoms with Gasteiger partial charge in [0.25, 0.3) is 10.0 Å². The fraction of sp³-hybridized carbons (Fsp3) is 0.0556. The molecule has 1 aliphatic heterocycles. The molecule has 2 heterocycles. The number of rotatable bonds is 4. The van der Waals surface area contributed by atoms with Crippen LogP contribution >= 0.6 is 23.2 Å². The fourth-order valence-electron chi connectivity index (χ4n) is 2.86. The molecule has 1 unspecified atom stereocenters. The second-order valence-electron chi connectivity index (χ2n) is 6.16. The summed E-state index contributed by atoms with van der Waals surface area (Å²) < 4.78 is 32.9. The number of nitrogens with one attached hydrogen (secondary N) is 1. The van der Waals surface area contributed by atoms with Gasteiger partial charge in [-0.05, 0) is 42.5 Å². The van der Waals surface area contributed by atoms with Gasteiger partial charge in [-0.15, -0.1) is 0 Å². The summed E-state index contributed by atoms with van der Waals surface area (Å²) in [6.45, 7) is 0. The Balaban J connectivity index is 1.58. The van der Waals surface area contributed by atoms with E-state index in [4.69, 9.17) is 33.4 Å². The number of halogens is 2. The van der Waals surface area contributed by atoms with Gasteiger partial charge in [0.15, 0.2) is 5.75 Å². The van der Waals surface area contributed by atoms with Crippen LogP contribution in [0.25, 0.3) is 0 Å². The van der Waals surface area contributed by atoms with Crippen LogP contribution < -0.4 is 15.4 Å². The third-order valence-electron chi connectivity index (χ3n) is 4.29. The van der Waals surface area contributed by atoms with Crippen molar-refractivity contribution in [3.8, 4) is 5.75 Å². The van der Waals surface area contributed by atoms with E-state index in [0.717, 1.165) is 11.6 Å². The molecular formula is C18H14Cl2N4O4S. The lowest BCUT2D eigenvalue weighted by molar-refractivity contribution is 0.459. The maximum Gasteiger partial charge on any atom is 0.265 e. The Bertz CT molecular complexity index is 1210. The minimum Gasteiger partial charge on any atom is -0.505 e. The van der Waals surface area contributed by atoms with Gasteiger partial charge in [0, 0.05) is 16.4 Å². The molecule has 1 atom stereocenters. The molecule has 0 aliphatic carbocycles. The zero-order valence-corrected chi connectivity index (χ0v) is 16.9. The van der Waals surface area contributed by atoms with Gasteiger partial charge >= 0.3 is 0 Å². The van der Waals surface area contributed by atoms with Crippen LogP contribution in [0.2, 0.25) is 10.0 Å². The van der Waals surface area contributed by atoms with E-state index in [9.17, 15) is 13.5 Å². The number of aromatic hydroxyl groups is 1. The third-order valence-corrected chi connectivity index (χ3v) is 6.19. The number of anilines is 2. The van der Waals surface area contributed by atoms with E-state index in [0.29, 0.717) is 11.6 Å². The third kappa shape index (κ3) is 3.65. The highest BCUT2D eigenvalue weighted by molar-refractivity contribution is 7.92. The smallest absolute Gasteiger partial charge is 0.265 e. The monoisotopic (exact) mass is 452 g/mol. The standard InChI is InChI=1S/C18H14Cl2N4O4S/c19-10-7-14(20)16(25)15(8-10)29(26,27)23-11-1-3-12(4-2-11)24-9-22-18-13(17(24)21)5-6-28-18/h1-9,17,23,25H,21H2. The predicted molar refractivity (Wildman–Crippen MR) is 112 cm³/mol. The molecule has 1 aromatic heterocycles. The van der Waals surface area contributed by atoms with Crippen molar-refractivity contribution in [1.82, 2.24) is 0 Å². The number of phenols is 1. The molecule has 11 heteroatoms. The Labute approximate surface area is 176 Å². The maximum absolute atomic E-state index is 12.6. The molecule has 1 aliphatic rings. The highest BCUT2D eigenvalue weighted by atomic mass is 35.5. The van der Waals surface area contributed by atoms with Crippen LogP contribution in [0, 0.1) is 0 Å². The van der Waals surface area contributed by atoms with E-state index in [1.165, 1.54) is 12.3 Å². The molecule has 0 fully saturated rings. The van der Waals surface area contributed by atoms with Crippen LogP contribution in [-0.4, -0.2) is 19.9 Å². The van der Waals surface area contributed by atoms with E-state index < -0.39 is 26.8 Å². The number of benzene rings is 2. The molecule has 150 valence electrons. The number of aliphatic imine (C=N–C) groups is 1. The SMILES string of the molecule is NC1c2ccoc2N=CN1c1ccc(NS(=O)(=O)c2cc(Cl)cc(Cl)c2O)cc1. The zero-order chi connectivity index (χ0) is 20.8. The number of phenolic OH excluding ortho intramolecular Hbond substituents is 1. The highest BCUT2D eigenvalue weighted by Crippen LogP contribution is 2.36. The van der Waals surface area contributed by atoms with Crippen LogP contribution in [0.3, 0.4) is 0 Å². The molecule has 0 saturated heterocycles. The largest absolute Gasteiger partial charge is 0.505 e. The van der Waals surface area contributed by atoms with E-state index >= 15 is 0 Å². The number of nitrogens with zero attached hydrogens (tertiary/aromatic N) is 2. The van der Waals surface area contributed by atoms with Crippen molar-refractivity contribution in [2.24, 2.45) is 10.7 Å². The average Bonchev–Trinajstić information content (AvgIpc) is 3.15. The van der Waals surface area contributed by atoms with E-state index in [1.807, 2.05) is 0 Å². The van der Waals surface area contributed by atoms with Gasteiger partial charge in [0.05, 0.1) is 16.8 Å². The summed E-state index contributed by atoms with van der Waals surface area (Å²) in [4.78, 5) is 5.50. The summed E-state index contributed by atoms with van der Waals surface area (Å²) in [6.07, 6.45) is 2.57. The van der Waals surface area contributed by atoms with Crippen molar-refractivity contribution < 1.29 is 17.9 Å². The van der Waals surface area contributed by atoms with Crippen molar-refractivity contribution >= 4 is 56.8 Å². The molecule has 29 heavy (non-hydrogen) atoms. The van der Waals surface area contributed by atoms with E-state index in [-0.39, 0.29) is 15.7 Å². The Morgan fingerprint density at radius 2 is 1.90 bits per heavy atom. The molecule has 4 rings (SSSR count). The number of nitrogens with two attached hydrogens (primary N) is 1. The Morgan fingerprint density at radius 1 is 1.17 bits per heavy atom. The minimum atomic E-state index is -4.12. The number of fused-ring (bicyclic) bond motifs is 1. The molecule has 4 N–H and O–H groups in total. The molecule has 8 nitrogen and oxygen atoms in total. The summed E-state index contributed by atoms with van der Waals surface area (Å²) in [5, 5.41) is 9.91. The topological polar surface area (TPSA) is 121 Å². The quantitative estimate of drug-likeness (QED) is 0.544. The molecule has 3 aromatic rings. The van der Waals surface area contributed by atoms with Crippen LogP contribution in [0.15, 0.2) is 63.0 Å². The van der Waals surface area contributed by atoms with Gasteiger partial charge in [-0.1, -0.05) is 23.2 Å². The van der Waals surface area contributed by atoms with Gasteiger partial charge in [0.2, 0.25) is 5.88 Å². The summed E-state index contributed by atoms with van der Waals surface area (Å²) >= 11 is 11.7. The van der Waals surface area contributed by atoms with Crippen LogP contribution in [0.4, 0.5) is 17.3 Å². The number of sulfonamides is 1. The molecule has 0 radical (unpaired) electrons. The second kappa shape index (κ2) is 7.27. The Morgan fingerprint density at radius 3 is 2.62 bits per heavy atom. The highest BCUT2D eigenvalue weighted by Gasteiger charge is 2.25. The lowest BCUT2D eigenvalue weighted by atomic mass is 10.2. The van der Waals surface area contributed by atoms with Crippen molar-refractivity contribution in [3.05, 3.63) is 64.3 Å². The van der Waals surface area contributed by atoms with Crippen molar-refractivity contribution in [1.29, 1.82) is 0 Å². The lowest BCUT2D eigenvalue weighted by Crippen LogP contribution is -2.35.